The molecule has 0 saturated carbocycles. The van der Waals surface area contributed by atoms with E-state index in [4.69, 9.17) is 14.7 Å². The van der Waals surface area contributed by atoms with Crippen LogP contribution in [0.1, 0.15) is 5.56 Å². The summed E-state index contributed by atoms with van der Waals surface area (Å²) in [5, 5.41) is 8.58. The maximum Gasteiger partial charge on any atom is 0.137 e. The number of nitriles is 1. The van der Waals surface area contributed by atoms with Gasteiger partial charge >= 0.3 is 0 Å². The Bertz CT molecular complexity index is 638. The molecule has 0 aliphatic rings. The van der Waals surface area contributed by atoms with Crippen LogP contribution in [-0.2, 0) is 6.42 Å². The quantitative estimate of drug-likeness (QED) is 0.737. The zero-order valence-corrected chi connectivity index (χ0v) is 12.8. The van der Waals surface area contributed by atoms with Crippen molar-refractivity contribution in [2.75, 3.05) is 13.2 Å². The second-order valence-electron chi connectivity index (χ2n) is 4.25. The molecule has 5 heteroatoms. The van der Waals surface area contributed by atoms with Crippen molar-refractivity contribution >= 4 is 15.9 Å². The van der Waals surface area contributed by atoms with E-state index in [9.17, 15) is 4.39 Å². The SMILES string of the molecule is N#CCc1ccc(OCCOc2ccc(F)c(Br)c2)cc1. The average Bonchev–Trinajstić information content (AvgIpc) is 2.49. The zero-order chi connectivity index (χ0) is 15.1. The third-order valence-corrected chi connectivity index (χ3v) is 3.33. The average molecular weight is 350 g/mol. The van der Waals surface area contributed by atoms with Gasteiger partial charge in [-0.15, -0.1) is 0 Å². The maximum absolute atomic E-state index is 13.0. The van der Waals surface area contributed by atoms with E-state index in [2.05, 4.69) is 22.0 Å². The second kappa shape index (κ2) is 7.65. The first kappa shape index (κ1) is 15.3. The van der Waals surface area contributed by atoms with Gasteiger partial charge in [0.15, 0.2) is 0 Å². The fourth-order valence-electron chi connectivity index (χ4n) is 1.68. The highest BCUT2D eigenvalue weighted by molar-refractivity contribution is 9.10. The number of nitrogens with zero attached hydrogens (tertiary/aromatic N) is 1. The Morgan fingerprint density at radius 3 is 2.24 bits per heavy atom. The van der Waals surface area contributed by atoms with Gasteiger partial charge in [0.25, 0.3) is 0 Å². The van der Waals surface area contributed by atoms with Crippen LogP contribution >= 0.6 is 15.9 Å². The van der Waals surface area contributed by atoms with Crippen LogP contribution in [0.15, 0.2) is 46.9 Å². The van der Waals surface area contributed by atoms with E-state index in [0.29, 0.717) is 29.9 Å². The van der Waals surface area contributed by atoms with E-state index >= 15 is 0 Å². The first-order valence-electron chi connectivity index (χ1n) is 6.35. The summed E-state index contributed by atoms with van der Waals surface area (Å²) < 4.78 is 24.4. The number of ether oxygens (including phenoxy) is 2. The van der Waals surface area contributed by atoms with Crippen LogP contribution < -0.4 is 9.47 Å². The predicted molar refractivity (Wildman–Crippen MR) is 80.8 cm³/mol. The van der Waals surface area contributed by atoms with Gasteiger partial charge in [-0.25, -0.2) is 4.39 Å². The number of rotatable bonds is 6. The molecule has 0 spiro atoms. The molecule has 0 heterocycles. The van der Waals surface area contributed by atoms with Gasteiger partial charge in [0, 0.05) is 0 Å². The Balaban J connectivity index is 1.76. The molecule has 108 valence electrons. The van der Waals surface area contributed by atoms with Crippen molar-refractivity contribution in [2.45, 2.75) is 6.42 Å². The Morgan fingerprint density at radius 2 is 1.62 bits per heavy atom. The van der Waals surface area contributed by atoms with Gasteiger partial charge in [-0.1, -0.05) is 12.1 Å². The molecule has 0 unspecified atom stereocenters. The molecule has 3 nitrogen and oxygen atoms in total. The molecule has 0 aliphatic heterocycles. The molecule has 0 aliphatic carbocycles. The minimum absolute atomic E-state index is 0.323. The smallest absolute Gasteiger partial charge is 0.137 e. The van der Waals surface area contributed by atoms with E-state index in [0.717, 1.165) is 11.3 Å². The highest BCUT2D eigenvalue weighted by Gasteiger charge is 2.01. The first-order chi connectivity index (χ1) is 10.2. The second-order valence-corrected chi connectivity index (χ2v) is 5.11. The van der Waals surface area contributed by atoms with Crippen LogP contribution in [0.3, 0.4) is 0 Å². The van der Waals surface area contributed by atoms with Crippen LogP contribution in [0.5, 0.6) is 11.5 Å². The summed E-state index contributed by atoms with van der Waals surface area (Å²) in [4.78, 5) is 0. The summed E-state index contributed by atoms with van der Waals surface area (Å²) >= 11 is 3.10. The summed E-state index contributed by atoms with van der Waals surface area (Å²) in [6.07, 6.45) is 0.392. The van der Waals surface area contributed by atoms with E-state index in [1.54, 1.807) is 12.1 Å². The van der Waals surface area contributed by atoms with Gasteiger partial charge in [0.2, 0.25) is 0 Å². The molecule has 0 radical (unpaired) electrons. The molecule has 2 aromatic carbocycles. The molecule has 2 aromatic rings. The summed E-state index contributed by atoms with van der Waals surface area (Å²) in [6, 6.07) is 13.9. The van der Waals surface area contributed by atoms with Gasteiger partial charge < -0.3 is 9.47 Å². The zero-order valence-electron chi connectivity index (χ0n) is 11.2. The highest BCUT2D eigenvalue weighted by Crippen LogP contribution is 2.21. The van der Waals surface area contributed by atoms with Gasteiger partial charge in [0.05, 0.1) is 17.0 Å². The molecule has 0 aromatic heterocycles. The lowest BCUT2D eigenvalue weighted by atomic mass is 10.2. The van der Waals surface area contributed by atoms with Gasteiger partial charge in [-0.2, -0.15) is 5.26 Å². The fourth-order valence-corrected chi connectivity index (χ4v) is 2.04. The van der Waals surface area contributed by atoms with Crippen molar-refractivity contribution < 1.29 is 13.9 Å². The summed E-state index contributed by atoms with van der Waals surface area (Å²) in [5.41, 5.74) is 0.956. The highest BCUT2D eigenvalue weighted by atomic mass is 79.9. The lowest BCUT2D eigenvalue weighted by Gasteiger charge is -2.09. The normalized spacial score (nSPS) is 9.95. The van der Waals surface area contributed by atoms with E-state index in [1.807, 2.05) is 24.3 Å². The van der Waals surface area contributed by atoms with Gasteiger partial charge in [-0.05, 0) is 51.8 Å². The number of halogens is 2. The largest absolute Gasteiger partial charge is 0.490 e. The van der Waals surface area contributed by atoms with Crippen LogP contribution in [0.2, 0.25) is 0 Å². The monoisotopic (exact) mass is 349 g/mol. The minimum Gasteiger partial charge on any atom is -0.490 e. The van der Waals surface area contributed by atoms with E-state index < -0.39 is 0 Å². The first-order valence-corrected chi connectivity index (χ1v) is 7.15. The van der Waals surface area contributed by atoms with Crippen molar-refractivity contribution in [1.82, 2.24) is 0 Å². The molecule has 0 fully saturated rings. The van der Waals surface area contributed by atoms with Crippen molar-refractivity contribution in [3.8, 4) is 17.6 Å². The third-order valence-electron chi connectivity index (χ3n) is 2.72. The number of hydrogen-bond acceptors (Lipinski definition) is 3. The molecule has 0 saturated heterocycles. The molecule has 2 rings (SSSR count). The topological polar surface area (TPSA) is 42.2 Å². The molecule has 0 bridgehead atoms. The Morgan fingerprint density at radius 1 is 1.00 bits per heavy atom. The Labute approximate surface area is 131 Å². The predicted octanol–water partition coefficient (Wildman–Crippen LogP) is 4.11. The lowest BCUT2D eigenvalue weighted by molar-refractivity contribution is 0.217. The fraction of sp³-hybridized carbons (Fsp3) is 0.188. The van der Waals surface area contributed by atoms with E-state index in [1.165, 1.54) is 6.07 Å². The van der Waals surface area contributed by atoms with Crippen molar-refractivity contribution in [2.24, 2.45) is 0 Å². The van der Waals surface area contributed by atoms with Gasteiger partial charge in [-0.3, -0.25) is 0 Å². The molecule has 21 heavy (non-hydrogen) atoms. The van der Waals surface area contributed by atoms with Crippen molar-refractivity contribution in [1.29, 1.82) is 5.26 Å². The molecular formula is C16H13BrFNO2. The molecule has 0 amide bonds. The third kappa shape index (κ3) is 4.76. The Hall–Kier alpha value is -2.06. The van der Waals surface area contributed by atoms with Crippen molar-refractivity contribution in [3.05, 3.63) is 58.3 Å². The van der Waals surface area contributed by atoms with Crippen LogP contribution in [0.25, 0.3) is 0 Å². The van der Waals surface area contributed by atoms with Crippen molar-refractivity contribution in [3.63, 3.8) is 0 Å². The minimum atomic E-state index is -0.323. The van der Waals surface area contributed by atoms with Gasteiger partial charge in [0.1, 0.15) is 30.5 Å². The lowest BCUT2D eigenvalue weighted by Crippen LogP contribution is -2.09. The summed E-state index contributed by atoms with van der Waals surface area (Å²) in [7, 11) is 0. The molecule has 0 atom stereocenters. The van der Waals surface area contributed by atoms with Crippen LogP contribution in [-0.4, -0.2) is 13.2 Å². The summed E-state index contributed by atoms with van der Waals surface area (Å²) in [5.74, 6) is 0.980. The number of benzene rings is 2. The standard InChI is InChI=1S/C16H13BrFNO2/c17-15-11-14(5-6-16(15)18)21-10-9-20-13-3-1-12(2-4-13)7-8-19/h1-6,11H,7,9-10H2. The summed E-state index contributed by atoms with van der Waals surface area (Å²) in [6.45, 7) is 0.741. The molecular weight excluding hydrogens is 337 g/mol. The molecule has 0 N–H and O–H groups in total. The van der Waals surface area contributed by atoms with Crippen LogP contribution in [0, 0.1) is 17.1 Å². The Kier molecular flexibility index (Phi) is 5.59. The van der Waals surface area contributed by atoms with E-state index in [-0.39, 0.29) is 5.82 Å². The maximum atomic E-state index is 13.0. The van der Waals surface area contributed by atoms with Crippen LogP contribution in [0.4, 0.5) is 4.39 Å². The number of hydrogen-bond donors (Lipinski definition) is 0.